The van der Waals surface area contributed by atoms with Gasteiger partial charge < -0.3 is 0 Å². The van der Waals surface area contributed by atoms with Crippen molar-refractivity contribution in [3.05, 3.63) is 0 Å². The Balaban J connectivity index is 4.89. The molecule has 0 saturated carbocycles. The van der Waals surface area contributed by atoms with Gasteiger partial charge in [-0.15, -0.1) is 0 Å². The monoisotopic (exact) mass is 293 g/mol. The summed E-state index contributed by atoms with van der Waals surface area (Å²) in [6, 6.07) is 0. The van der Waals surface area contributed by atoms with Crippen molar-refractivity contribution >= 4 is 7.75 Å². The molecule has 0 radical (unpaired) electrons. The highest BCUT2D eigenvalue weighted by molar-refractivity contribution is 7.51. The lowest BCUT2D eigenvalue weighted by Gasteiger charge is -2.38. The van der Waals surface area contributed by atoms with Crippen molar-refractivity contribution in [1.29, 1.82) is 0 Å². The molecule has 2 unspecified atom stereocenters. The molecule has 0 aromatic carbocycles. The van der Waals surface area contributed by atoms with Crippen molar-refractivity contribution in [3.63, 3.8) is 0 Å². The van der Waals surface area contributed by atoms with Crippen LogP contribution < -0.4 is 5.50 Å². The van der Waals surface area contributed by atoms with E-state index in [1.165, 1.54) is 0 Å². The molecule has 0 aromatic rings. The molecule has 0 fully saturated rings. The lowest BCUT2D eigenvalue weighted by atomic mass is 9.83. The first kappa shape index (κ1) is 19.1. The van der Waals surface area contributed by atoms with E-state index < -0.39 is 13.3 Å². The molecule has 0 rings (SSSR count). The Morgan fingerprint density at radius 3 is 1.84 bits per heavy atom. The van der Waals surface area contributed by atoms with Gasteiger partial charge in [0.1, 0.15) is 0 Å². The second-order valence-electron chi connectivity index (χ2n) is 5.35. The number of hydrogen-bond donors (Lipinski definition) is 1. The van der Waals surface area contributed by atoms with Gasteiger partial charge >= 0.3 is 7.75 Å². The molecule has 0 aliphatic heterocycles. The van der Waals surface area contributed by atoms with Crippen LogP contribution in [0.15, 0.2) is 0 Å². The average molecular weight is 293 g/mol. The summed E-state index contributed by atoms with van der Waals surface area (Å²) in [6.45, 7) is 12.3. The standard InChI is InChI=1S/C14H32NO3P/c1-7-12(8-2)14(6,11-5)18-19(15,16)17-13(9-3)10-4/h12-13H,7-11H2,1-6H3,(H2,15,16). The molecule has 0 bridgehead atoms. The minimum absolute atomic E-state index is 0.0985. The van der Waals surface area contributed by atoms with Gasteiger partial charge in [0.2, 0.25) is 0 Å². The zero-order chi connectivity index (χ0) is 15.1. The predicted octanol–water partition coefficient (Wildman–Crippen LogP) is 4.88. The van der Waals surface area contributed by atoms with Crippen LogP contribution in [0.2, 0.25) is 0 Å². The van der Waals surface area contributed by atoms with Gasteiger partial charge in [-0.2, -0.15) is 0 Å². The first-order valence-corrected chi connectivity index (χ1v) is 9.17. The van der Waals surface area contributed by atoms with E-state index in [2.05, 4.69) is 13.8 Å². The third-order valence-corrected chi connectivity index (χ3v) is 5.36. The van der Waals surface area contributed by atoms with Crippen LogP contribution in [0.4, 0.5) is 0 Å². The van der Waals surface area contributed by atoms with Gasteiger partial charge in [-0.1, -0.05) is 47.5 Å². The normalized spacial score (nSPS) is 18.6. The van der Waals surface area contributed by atoms with Crippen LogP contribution in [0, 0.1) is 5.92 Å². The highest BCUT2D eigenvalue weighted by Gasteiger charge is 2.38. The maximum atomic E-state index is 12.4. The van der Waals surface area contributed by atoms with Gasteiger partial charge in [-0.25, -0.2) is 10.1 Å². The van der Waals surface area contributed by atoms with Gasteiger partial charge in [-0.3, -0.25) is 9.05 Å². The Hall–Kier alpha value is 0.110. The van der Waals surface area contributed by atoms with Crippen molar-refractivity contribution in [3.8, 4) is 0 Å². The molecule has 2 atom stereocenters. The minimum Gasteiger partial charge on any atom is -0.294 e. The Morgan fingerprint density at radius 2 is 1.53 bits per heavy atom. The number of rotatable bonds is 10. The summed E-state index contributed by atoms with van der Waals surface area (Å²) in [5.74, 6) is 0.333. The van der Waals surface area contributed by atoms with E-state index in [1.807, 2.05) is 27.7 Å². The Kier molecular flexibility index (Phi) is 8.46. The van der Waals surface area contributed by atoms with E-state index in [9.17, 15) is 4.57 Å². The van der Waals surface area contributed by atoms with E-state index in [-0.39, 0.29) is 6.10 Å². The van der Waals surface area contributed by atoms with Crippen molar-refractivity contribution in [2.24, 2.45) is 11.4 Å². The van der Waals surface area contributed by atoms with Crippen LogP contribution in [0.3, 0.4) is 0 Å². The summed E-state index contributed by atoms with van der Waals surface area (Å²) in [7, 11) is -3.50. The van der Waals surface area contributed by atoms with Crippen molar-refractivity contribution in [2.75, 3.05) is 0 Å². The largest absolute Gasteiger partial charge is 0.403 e. The molecule has 0 spiro atoms. The summed E-state index contributed by atoms with van der Waals surface area (Å²) in [4.78, 5) is 0. The summed E-state index contributed by atoms with van der Waals surface area (Å²) in [5.41, 5.74) is 5.30. The topological polar surface area (TPSA) is 61.5 Å². The highest BCUT2D eigenvalue weighted by atomic mass is 31.2. The maximum Gasteiger partial charge on any atom is 0.403 e. The SMILES string of the molecule is CCC(CC)OP(N)(=O)OC(C)(CC)C(CC)CC. The second kappa shape index (κ2) is 8.41. The molecule has 0 aromatic heterocycles. The Morgan fingerprint density at radius 1 is 1.05 bits per heavy atom. The molecule has 0 amide bonds. The molecule has 116 valence electrons. The second-order valence-corrected chi connectivity index (χ2v) is 6.83. The van der Waals surface area contributed by atoms with Crippen LogP contribution >= 0.6 is 7.75 Å². The average Bonchev–Trinajstić information content (AvgIpc) is 2.36. The summed E-state index contributed by atoms with van der Waals surface area (Å²) in [6.07, 6.45) is 4.20. The number of hydrogen-bond acceptors (Lipinski definition) is 3. The smallest absolute Gasteiger partial charge is 0.294 e. The molecule has 0 aliphatic rings. The third kappa shape index (κ3) is 5.95. The molecule has 19 heavy (non-hydrogen) atoms. The number of nitrogens with two attached hydrogens (primary N) is 1. The van der Waals surface area contributed by atoms with Gasteiger partial charge in [0.05, 0.1) is 11.7 Å². The zero-order valence-electron chi connectivity index (χ0n) is 13.4. The van der Waals surface area contributed by atoms with Gasteiger partial charge in [0.25, 0.3) is 0 Å². The van der Waals surface area contributed by atoms with E-state index in [4.69, 9.17) is 14.6 Å². The van der Waals surface area contributed by atoms with Gasteiger partial charge in [0.15, 0.2) is 0 Å². The highest BCUT2D eigenvalue weighted by Crippen LogP contribution is 2.49. The first-order valence-electron chi connectivity index (χ1n) is 7.56. The molecule has 0 saturated heterocycles. The molecular formula is C14H32NO3P. The maximum absolute atomic E-state index is 12.4. The van der Waals surface area contributed by atoms with Crippen molar-refractivity contribution < 1.29 is 13.6 Å². The van der Waals surface area contributed by atoms with Gasteiger partial charge in [0, 0.05) is 0 Å². The van der Waals surface area contributed by atoms with E-state index in [0.717, 1.165) is 32.1 Å². The van der Waals surface area contributed by atoms with Crippen LogP contribution in [0.25, 0.3) is 0 Å². The minimum atomic E-state index is -3.50. The molecular weight excluding hydrogens is 261 g/mol. The lowest BCUT2D eigenvalue weighted by molar-refractivity contribution is -0.00558. The first-order chi connectivity index (χ1) is 8.78. The van der Waals surface area contributed by atoms with Crippen molar-refractivity contribution in [1.82, 2.24) is 0 Å². The predicted molar refractivity (Wildman–Crippen MR) is 81.1 cm³/mol. The fraction of sp³-hybridized carbons (Fsp3) is 1.00. The van der Waals surface area contributed by atoms with Crippen LogP contribution in [0.1, 0.15) is 73.6 Å². The summed E-state index contributed by atoms with van der Waals surface area (Å²) in [5, 5.41) is 0. The zero-order valence-corrected chi connectivity index (χ0v) is 14.3. The Labute approximate surface area is 119 Å². The molecule has 4 nitrogen and oxygen atoms in total. The molecule has 2 N–H and O–H groups in total. The fourth-order valence-electron chi connectivity index (χ4n) is 2.54. The van der Waals surface area contributed by atoms with Crippen molar-refractivity contribution in [2.45, 2.75) is 85.4 Å². The Bertz CT molecular complexity index is 290. The van der Waals surface area contributed by atoms with Gasteiger partial charge in [-0.05, 0) is 32.1 Å². The summed E-state index contributed by atoms with van der Waals surface area (Å²) >= 11 is 0. The van der Waals surface area contributed by atoms with Crippen LogP contribution in [0.5, 0.6) is 0 Å². The quantitative estimate of drug-likeness (QED) is 0.583. The van der Waals surface area contributed by atoms with Crippen LogP contribution in [-0.2, 0) is 13.6 Å². The fourth-order valence-corrected chi connectivity index (χ4v) is 4.15. The third-order valence-electron chi connectivity index (χ3n) is 4.09. The van der Waals surface area contributed by atoms with E-state index in [0.29, 0.717) is 5.92 Å². The summed E-state index contributed by atoms with van der Waals surface area (Å²) < 4.78 is 23.6. The lowest BCUT2D eigenvalue weighted by Crippen LogP contribution is -2.37. The van der Waals surface area contributed by atoms with E-state index in [1.54, 1.807) is 0 Å². The molecule has 0 aliphatic carbocycles. The molecule has 5 heteroatoms. The molecule has 0 heterocycles. The van der Waals surface area contributed by atoms with Crippen LogP contribution in [-0.4, -0.2) is 11.7 Å². The van der Waals surface area contributed by atoms with E-state index >= 15 is 0 Å².